The minimum atomic E-state index is 0.606. The molecule has 3 nitrogen and oxygen atoms in total. The lowest BCUT2D eigenvalue weighted by molar-refractivity contribution is 0.454. The van der Waals surface area contributed by atoms with Gasteiger partial charge >= 0.3 is 0 Å². The van der Waals surface area contributed by atoms with Crippen LogP contribution in [0.25, 0.3) is 0 Å². The molecule has 0 saturated carbocycles. The van der Waals surface area contributed by atoms with Gasteiger partial charge in [0, 0.05) is 23.8 Å². The van der Waals surface area contributed by atoms with Crippen molar-refractivity contribution in [2.45, 2.75) is 0 Å². The first kappa shape index (κ1) is 9.27. The normalized spacial score (nSPS) is 10.1. The van der Waals surface area contributed by atoms with Gasteiger partial charge in [-0.15, -0.1) is 5.10 Å². The summed E-state index contributed by atoms with van der Waals surface area (Å²) in [7, 11) is 1.86. The molecule has 0 unspecified atom stereocenters. The topological polar surface area (TPSA) is 27.1 Å². The number of halogens is 1. The van der Waals surface area contributed by atoms with Crippen molar-refractivity contribution in [3.8, 4) is 11.6 Å². The summed E-state index contributed by atoms with van der Waals surface area (Å²) in [6, 6.07) is 9.45. The van der Waals surface area contributed by atoms with E-state index >= 15 is 0 Å². The lowest BCUT2D eigenvalue weighted by Gasteiger charge is -2.00. The van der Waals surface area contributed by atoms with Crippen LogP contribution < -0.4 is 4.74 Å². The highest BCUT2D eigenvalue weighted by Gasteiger charge is 1.99. The zero-order chi connectivity index (χ0) is 9.97. The molecule has 0 spiro atoms. The van der Waals surface area contributed by atoms with Gasteiger partial charge in [-0.1, -0.05) is 15.9 Å². The van der Waals surface area contributed by atoms with E-state index in [0.717, 1.165) is 10.2 Å². The van der Waals surface area contributed by atoms with Crippen LogP contribution in [0.4, 0.5) is 0 Å². The molecule has 14 heavy (non-hydrogen) atoms. The van der Waals surface area contributed by atoms with Gasteiger partial charge in [0.1, 0.15) is 5.75 Å². The van der Waals surface area contributed by atoms with Gasteiger partial charge in [0.25, 0.3) is 0 Å². The molecule has 0 aliphatic carbocycles. The molecule has 0 amide bonds. The molecule has 0 aliphatic rings. The third kappa shape index (κ3) is 2.14. The lowest BCUT2D eigenvalue weighted by Crippen LogP contribution is -1.89. The van der Waals surface area contributed by atoms with Gasteiger partial charge in [-0.3, -0.25) is 4.68 Å². The monoisotopic (exact) mass is 252 g/mol. The molecular formula is C10H9BrN2O. The molecule has 0 N–H and O–H groups in total. The Morgan fingerprint density at radius 2 is 1.93 bits per heavy atom. The second-order valence-corrected chi connectivity index (χ2v) is 3.80. The highest BCUT2D eigenvalue weighted by molar-refractivity contribution is 9.10. The third-order valence-corrected chi connectivity index (χ3v) is 2.25. The van der Waals surface area contributed by atoms with E-state index in [1.165, 1.54) is 0 Å². The average molecular weight is 253 g/mol. The number of benzene rings is 1. The first-order valence-electron chi connectivity index (χ1n) is 4.17. The average Bonchev–Trinajstić information content (AvgIpc) is 2.56. The molecule has 72 valence electrons. The molecule has 0 saturated heterocycles. The number of aromatic nitrogens is 2. The van der Waals surface area contributed by atoms with E-state index < -0.39 is 0 Å². The molecule has 0 radical (unpaired) electrons. The summed E-state index contributed by atoms with van der Waals surface area (Å²) in [6.45, 7) is 0. The van der Waals surface area contributed by atoms with Crippen molar-refractivity contribution in [3.63, 3.8) is 0 Å². The largest absolute Gasteiger partial charge is 0.438 e. The zero-order valence-corrected chi connectivity index (χ0v) is 9.23. The molecule has 0 aliphatic heterocycles. The van der Waals surface area contributed by atoms with Crippen LogP contribution >= 0.6 is 15.9 Å². The summed E-state index contributed by atoms with van der Waals surface area (Å²) in [4.78, 5) is 0. The van der Waals surface area contributed by atoms with Crippen LogP contribution in [0.1, 0.15) is 0 Å². The second-order valence-electron chi connectivity index (χ2n) is 2.88. The Bertz CT molecular complexity index is 422. The zero-order valence-electron chi connectivity index (χ0n) is 7.64. The Morgan fingerprint density at radius 3 is 2.50 bits per heavy atom. The number of ether oxygens (including phenoxy) is 1. The summed E-state index contributed by atoms with van der Waals surface area (Å²) in [6.07, 6.45) is 1.84. The third-order valence-electron chi connectivity index (χ3n) is 1.73. The molecule has 2 aromatic rings. The van der Waals surface area contributed by atoms with Crippen LogP contribution in [0.2, 0.25) is 0 Å². The molecule has 0 atom stereocenters. The predicted octanol–water partition coefficient (Wildman–Crippen LogP) is 2.97. The molecule has 1 aromatic heterocycles. The van der Waals surface area contributed by atoms with E-state index in [1.54, 1.807) is 4.68 Å². The Morgan fingerprint density at radius 1 is 1.21 bits per heavy atom. The van der Waals surface area contributed by atoms with Crippen LogP contribution in [0.5, 0.6) is 11.6 Å². The van der Waals surface area contributed by atoms with Crippen LogP contribution in [0.3, 0.4) is 0 Å². The highest BCUT2D eigenvalue weighted by Crippen LogP contribution is 2.21. The van der Waals surface area contributed by atoms with Gasteiger partial charge in [-0.25, -0.2) is 0 Å². The summed E-state index contributed by atoms with van der Waals surface area (Å²) >= 11 is 3.36. The standard InChI is InChI=1S/C10H9BrN2O/c1-13-7-6-10(12-13)14-9-4-2-8(11)3-5-9/h2-7H,1H3. The van der Waals surface area contributed by atoms with E-state index in [0.29, 0.717) is 5.88 Å². The van der Waals surface area contributed by atoms with E-state index in [1.807, 2.05) is 43.6 Å². The van der Waals surface area contributed by atoms with Gasteiger partial charge in [0.2, 0.25) is 5.88 Å². The van der Waals surface area contributed by atoms with Crippen molar-refractivity contribution in [1.82, 2.24) is 9.78 Å². The van der Waals surface area contributed by atoms with Gasteiger partial charge in [0.15, 0.2) is 0 Å². The van der Waals surface area contributed by atoms with Gasteiger partial charge < -0.3 is 4.74 Å². The summed E-state index contributed by atoms with van der Waals surface area (Å²) < 4.78 is 8.24. The minimum absolute atomic E-state index is 0.606. The molecule has 2 rings (SSSR count). The first-order chi connectivity index (χ1) is 6.74. The number of hydrogen-bond acceptors (Lipinski definition) is 2. The van der Waals surface area contributed by atoms with Crippen LogP contribution in [-0.4, -0.2) is 9.78 Å². The molecule has 0 bridgehead atoms. The fourth-order valence-corrected chi connectivity index (χ4v) is 1.34. The predicted molar refractivity (Wildman–Crippen MR) is 57.4 cm³/mol. The molecular weight excluding hydrogens is 244 g/mol. The van der Waals surface area contributed by atoms with Gasteiger partial charge in [-0.2, -0.15) is 0 Å². The van der Waals surface area contributed by atoms with Gasteiger partial charge in [0.05, 0.1) is 0 Å². The van der Waals surface area contributed by atoms with E-state index in [2.05, 4.69) is 21.0 Å². The Kier molecular flexibility index (Phi) is 2.54. The Labute approximate surface area is 90.4 Å². The fraction of sp³-hybridized carbons (Fsp3) is 0.100. The maximum absolute atomic E-state index is 5.50. The number of aryl methyl sites for hydroxylation is 1. The van der Waals surface area contributed by atoms with Crippen molar-refractivity contribution < 1.29 is 4.74 Å². The van der Waals surface area contributed by atoms with Gasteiger partial charge in [-0.05, 0) is 24.3 Å². The van der Waals surface area contributed by atoms with E-state index in [4.69, 9.17) is 4.74 Å². The maximum Gasteiger partial charge on any atom is 0.238 e. The van der Waals surface area contributed by atoms with Crippen molar-refractivity contribution in [2.75, 3.05) is 0 Å². The molecule has 1 heterocycles. The highest BCUT2D eigenvalue weighted by atomic mass is 79.9. The maximum atomic E-state index is 5.50. The fourth-order valence-electron chi connectivity index (χ4n) is 1.07. The van der Waals surface area contributed by atoms with Crippen LogP contribution in [-0.2, 0) is 7.05 Å². The first-order valence-corrected chi connectivity index (χ1v) is 4.96. The number of rotatable bonds is 2. The van der Waals surface area contributed by atoms with Crippen molar-refractivity contribution in [3.05, 3.63) is 41.0 Å². The summed E-state index contributed by atoms with van der Waals surface area (Å²) in [5, 5.41) is 4.11. The van der Waals surface area contributed by atoms with Crippen LogP contribution in [0, 0.1) is 0 Å². The SMILES string of the molecule is Cn1ccc(Oc2ccc(Br)cc2)n1. The van der Waals surface area contributed by atoms with E-state index in [9.17, 15) is 0 Å². The van der Waals surface area contributed by atoms with Crippen molar-refractivity contribution >= 4 is 15.9 Å². The molecule has 4 heteroatoms. The summed E-state index contributed by atoms with van der Waals surface area (Å²) in [5.74, 6) is 1.39. The Balaban J connectivity index is 2.15. The number of hydrogen-bond donors (Lipinski definition) is 0. The smallest absolute Gasteiger partial charge is 0.238 e. The Hall–Kier alpha value is -1.29. The molecule has 0 fully saturated rings. The number of nitrogens with zero attached hydrogens (tertiary/aromatic N) is 2. The second kappa shape index (κ2) is 3.84. The van der Waals surface area contributed by atoms with Crippen molar-refractivity contribution in [2.24, 2.45) is 7.05 Å². The van der Waals surface area contributed by atoms with Crippen LogP contribution in [0.15, 0.2) is 41.0 Å². The quantitative estimate of drug-likeness (QED) is 0.822. The van der Waals surface area contributed by atoms with Crippen molar-refractivity contribution in [1.29, 1.82) is 0 Å². The lowest BCUT2D eigenvalue weighted by atomic mass is 10.3. The summed E-state index contributed by atoms with van der Waals surface area (Å²) in [5.41, 5.74) is 0. The minimum Gasteiger partial charge on any atom is -0.438 e. The molecule has 1 aromatic carbocycles. The van der Waals surface area contributed by atoms with E-state index in [-0.39, 0.29) is 0 Å².